The molecule has 0 heterocycles. The minimum Gasteiger partial charge on any atom is -0.396 e. The first kappa shape index (κ1) is 19.8. The van der Waals surface area contributed by atoms with Crippen molar-refractivity contribution in [1.82, 2.24) is 0 Å². The molecule has 0 radical (unpaired) electrons. The molecular weight excluding hydrogens is 352 g/mol. The summed E-state index contributed by atoms with van der Waals surface area (Å²) in [4.78, 5) is 0. The van der Waals surface area contributed by atoms with Crippen LogP contribution in [0.25, 0.3) is 0 Å². The third-order valence-corrected chi connectivity index (χ3v) is 10.4. The van der Waals surface area contributed by atoms with Crippen LogP contribution in [-0.2, 0) is 0 Å². The van der Waals surface area contributed by atoms with E-state index in [0.717, 1.165) is 47.3 Å². The quantitative estimate of drug-likeness (QED) is 0.593. The van der Waals surface area contributed by atoms with Gasteiger partial charge in [0, 0.05) is 26.4 Å². The molecule has 0 amide bonds. The van der Waals surface area contributed by atoms with E-state index in [1.54, 1.807) is 0 Å². The molecule has 12 atom stereocenters. The average molecular weight is 393 g/mol. The summed E-state index contributed by atoms with van der Waals surface area (Å²) in [5.41, 5.74) is 0. The Hall–Kier alpha value is -0.160. The van der Waals surface area contributed by atoms with Crippen molar-refractivity contribution in [3.8, 4) is 0 Å². The highest BCUT2D eigenvalue weighted by atomic mass is 16.3. The van der Waals surface area contributed by atoms with Crippen molar-refractivity contribution in [2.24, 2.45) is 71.0 Å². The normalized spacial score (nSPS) is 55.3. The molecule has 4 bridgehead atoms. The molecule has 6 fully saturated rings. The van der Waals surface area contributed by atoms with Crippen LogP contribution in [-0.4, -0.2) is 46.9 Å². The maximum Gasteiger partial charge on any atom is 0.0462 e. The van der Waals surface area contributed by atoms with Crippen molar-refractivity contribution in [3.63, 3.8) is 0 Å². The molecule has 0 aromatic heterocycles. The van der Waals surface area contributed by atoms with Crippen LogP contribution in [0.15, 0.2) is 0 Å². The molecule has 6 saturated carbocycles. The van der Waals surface area contributed by atoms with Gasteiger partial charge in [0.05, 0.1) is 0 Å². The highest BCUT2D eigenvalue weighted by Gasteiger charge is 2.56. The van der Waals surface area contributed by atoms with Gasteiger partial charge in [0.2, 0.25) is 0 Å². The van der Waals surface area contributed by atoms with Crippen LogP contribution in [0.2, 0.25) is 0 Å². The van der Waals surface area contributed by atoms with E-state index >= 15 is 0 Å². The van der Waals surface area contributed by atoms with Gasteiger partial charge in [0.25, 0.3) is 0 Å². The molecule has 160 valence electrons. The van der Waals surface area contributed by atoms with E-state index in [9.17, 15) is 20.4 Å². The molecule has 4 nitrogen and oxygen atoms in total. The molecule has 6 aliphatic carbocycles. The Kier molecular flexibility index (Phi) is 5.53. The number of rotatable bonds is 4. The van der Waals surface area contributed by atoms with Crippen molar-refractivity contribution in [1.29, 1.82) is 0 Å². The fourth-order valence-electron chi connectivity index (χ4n) is 9.37. The molecule has 12 unspecified atom stereocenters. The first-order valence-corrected chi connectivity index (χ1v) is 12.1. The Balaban J connectivity index is 0.000000122. The minimum atomic E-state index is 0.385. The zero-order valence-electron chi connectivity index (χ0n) is 17.2. The second-order valence-electron chi connectivity index (χ2n) is 11.4. The topological polar surface area (TPSA) is 80.9 Å². The number of fused-ring (bicyclic) bond motifs is 10. The SMILES string of the molecule is OCC1CC2C3CC(CO)C(C3)C2C1.OCC1CC2C3CC(CO)C(C3)C2C1. The van der Waals surface area contributed by atoms with E-state index in [-0.39, 0.29) is 0 Å². The monoisotopic (exact) mass is 392 g/mol. The third kappa shape index (κ3) is 3.09. The van der Waals surface area contributed by atoms with Crippen LogP contribution in [0.5, 0.6) is 0 Å². The highest BCUT2D eigenvalue weighted by molar-refractivity contribution is 5.05. The van der Waals surface area contributed by atoms with Crippen molar-refractivity contribution in [2.45, 2.75) is 51.4 Å². The maximum atomic E-state index is 9.28. The summed E-state index contributed by atoms with van der Waals surface area (Å²) in [6.07, 6.45) is 10.3. The summed E-state index contributed by atoms with van der Waals surface area (Å²) < 4.78 is 0. The largest absolute Gasteiger partial charge is 0.396 e. The predicted molar refractivity (Wildman–Crippen MR) is 107 cm³/mol. The molecule has 4 heteroatoms. The molecule has 0 aromatic rings. The lowest BCUT2D eigenvalue weighted by Gasteiger charge is -2.30. The van der Waals surface area contributed by atoms with Crippen LogP contribution in [0.4, 0.5) is 0 Å². The van der Waals surface area contributed by atoms with Gasteiger partial charge in [0.15, 0.2) is 0 Å². The van der Waals surface area contributed by atoms with Gasteiger partial charge in [0.1, 0.15) is 0 Å². The minimum absolute atomic E-state index is 0.385. The molecule has 6 aliphatic rings. The predicted octanol–water partition coefficient (Wildman–Crippen LogP) is 2.54. The maximum absolute atomic E-state index is 9.28. The Morgan fingerprint density at radius 1 is 0.393 bits per heavy atom. The summed E-state index contributed by atoms with van der Waals surface area (Å²) in [6.45, 7) is 1.56. The smallest absolute Gasteiger partial charge is 0.0462 e. The van der Waals surface area contributed by atoms with Gasteiger partial charge in [-0.15, -0.1) is 0 Å². The number of hydrogen-bond acceptors (Lipinski definition) is 4. The molecule has 0 aromatic carbocycles. The van der Waals surface area contributed by atoms with Crippen LogP contribution in [0, 0.1) is 71.0 Å². The van der Waals surface area contributed by atoms with Crippen LogP contribution >= 0.6 is 0 Å². The zero-order valence-corrected chi connectivity index (χ0v) is 17.2. The summed E-state index contributed by atoms with van der Waals surface area (Å²) in [5, 5.41) is 36.9. The standard InChI is InChI=1S/2C12H20O2/c2*13-5-7-1-10-8-3-9(6-14)11(4-8)12(10)2-7/h2*7-14H,1-6H2. The molecule has 4 N–H and O–H groups in total. The van der Waals surface area contributed by atoms with E-state index in [1.165, 1.54) is 51.4 Å². The molecular formula is C24H40O4. The molecule has 6 rings (SSSR count). The van der Waals surface area contributed by atoms with E-state index in [1.807, 2.05) is 0 Å². The van der Waals surface area contributed by atoms with Gasteiger partial charge in [-0.05, 0) is 122 Å². The van der Waals surface area contributed by atoms with Crippen LogP contribution < -0.4 is 0 Å². The van der Waals surface area contributed by atoms with E-state index in [0.29, 0.717) is 50.1 Å². The van der Waals surface area contributed by atoms with Crippen molar-refractivity contribution in [2.75, 3.05) is 26.4 Å². The van der Waals surface area contributed by atoms with E-state index < -0.39 is 0 Å². The number of aliphatic hydroxyl groups is 4. The summed E-state index contributed by atoms with van der Waals surface area (Å²) in [5.74, 6) is 9.22. The van der Waals surface area contributed by atoms with Crippen molar-refractivity contribution < 1.29 is 20.4 Å². The molecule has 0 spiro atoms. The van der Waals surface area contributed by atoms with E-state index in [2.05, 4.69) is 0 Å². The van der Waals surface area contributed by atoms with Crippen molar-refractivity contribution >= 4 is 0 Å². The lowest BCUT2D eigenvalue weighted by molar-refractivity contribution is 0.120. The Morgan fingerprint density at radius 3 is 1.14 bits per heavy atom. The highest BCUT2D eigenvalue weighted by Crippen LogP contribution is 2.63. The van der Waals surface area contributed by atoms with Gasteiger partial charge in [-0.1, -0.05) is 0 Å². The summed E-state index contributed by atoms with van der Waals surface area (Å²) in [7, 11) is 0. The fraction of sp³-hybridized carbons (Fsp3) is 1.00. The second kappa shape index (κ2) is 7.83. The zero-order chi connectivity index (χ0) is 19.4. The Morgan fingerprint density at radius 2 is 0.786 bits per heavy atom. The first-order chi connectivity index (χ1) is 13.7. The van der Waals surface area contributed by atoms with Gasteiger partial charge in [-0.25, -0.2) is 0 Å². The lowest BCUT2D eigenvalue weighted by Crippen LogP contribution is -2.26. The fourth-order valence-corrected chi connectivity index (χ4v) is 9.37. The molecule has 0 aliphatic heterocycles. The summed E-state index contributed by atoms with van der Waals surface area (Å²) in [6, 6.07) is 0. The van der Waals surface area contributed by atoms with Crippen LogP contribution in [0.3, 0.4) is 0 Å². The molecule has 0 saturated heterocycles. The number of aliphatic hydroxyl groups excluding tert-OH is 4. The van der Waals surface area contributed by atoms with Gasteiger partial charge in [-0.3, -0.25) is 0 Å². The first-order valence-electron chi connectivity index (χ1n) is 12.1. The van der Waals surface area contributed by atoms with Gasteiger partial charge in [-0.2, -0.15) is 0 Å². The van der Waals surface area contributed by atoms with Gasteiger partial charge < -0.3 is 20.4 Å². The third-order valence-electron chi connectivity index (χ3n) is 10.4. The average Bonchev–Trinajstić information content (AvgIpc) is 3.52. The Labute approximate surface area is 169 Å². The Bertz CT molecular complexity index is 501. The van der Waals surface area contributed by atoms with Crippen molar-refractivity contribution in [3.05, 3.63) is 0 Å². The van der Waals surface area contributed by atoms with E-state index in [4.69, 9.17) is 0 Å². The molecule has 28 heavy (non-hydrogen) atoms. The van der Waals surface area contributed by atoms with Crippen LogP contribution in [0.1, 0.15) is 51.4 Å². The number of hydrogen-bond donors (Lipinski definition) is 4. The second-order valence-corrected chi connectivity index (χ2v) is 11.4. The lowest BCUT2D eigenvalue weighted by atomic mass is 9.76. The summed E-state index contributed by atoms with van der Waals surface area (Å²) >= 11 is 0. The van der Waals surface area contributed by atoms with Gasteiger partial charge >= 0.3 is 0 Å².